The lowest BCUT2D eigenvalue weighted by Gasteiger charge is -2.25. The zero-order valence-electron chi connectivity index (χ0n) is 13.3. The van der Waals surface area contributed by atoms with E-state index in [1.165, 1.54) is 11.3 Å². The van der Waals surface area contributed by atoms with Gasteiger partial charge in [0.25, 0.3) is 5.91 Å². The van der Waals surface area contributed by atoms with Crippen molar-refractivity contribution in [2.75, 3.05) is 13.1 Å². The van der Waals surface area contributed by atoms with E-state index in [1.54, 1.807) is 5.38 Å². The monoisotopic (exact) mass is 344 g/mol. The van der Waals surface area contributed by atoms with Crippen molar-refractivity contribution in [3.05, 3.63) is 52.0 Å². The number of aromatic nitrogens is 1. The summed E-state index contributed by atoms with van der Waals surface area (Å²) in [5.41, 5.74) is 6.89. The molecule has 0 radical (unpaired) electrons. The highest BCUT2D eigenvalue weighted by Crippen LogP contribution is 2.19. The van der Waals surface area contributed by atoms with Gasteiger partial charge < -0.3 is 16.0 Å². The number of nitrogens with two attached hydrogens (primary N) is 1. The maximum Gasteiger partial charge on any atom is 0.271 e. The molecule has 3 N–H and O–H groups in total. The van der Waals surface area contributed by atoms with E-state index in [-0.39, 0.29) is 17.9 Å². The fourth-order valence-corrected chi connectivity index (χ4v) is 3.43. The summed E-state index contributed by atoms with van der Waals surface area (Å²) >= 11 is 1.37. The highest BCUT2D eigenvalue weighted by Gasteiger charge is 2.26. The van der Waals surface area contributed by atoms with Gasteiger partial charge in [-0.1, -0.05) is 30.3 Å². The molecule has 0 bridgehead atoms. The second kappa shape index (κ2) is 7.55. The van der Waals surface area contributed by atoms with E-state index in [2.05, 4.69) is 10.3 Å². The molecule has 0 spiro atoms. The Balaban J connectivity index is 1.76. The van der Waals surface area contributed by atoms with Crippen LogP contribution >= 0.6 is 11.3 Å². The van der Waals surface area contributed by atoms with Gasteiger partial charge in [0.1, 0.15) is 10.7 Å². The number of likely N-dealkylation sites (tertiary alicyclic amines) is 1. The van der Waals surface area contributed by atoms with E-state index in [0.29, 0.717) is 25.2 Å². The summed E-state index contributed by atoms with van der Waals surface area (Å²) in [6.45, 7) is 1.54. The fourth-order valence-electron chi connectivity index (χ4n) is 2.78. The predicted molar refractivity (Wildman–Crippen MR) is 92.5 cm³/mol. The first-order valence-corrected chi connectivity index (χ1v) is 8.83. The predicted octanol–water partition coefficient (Wildman–Crippen LogP) is 1.70. The maximum absolute atomic E-state index is 12.5. The van der Waals surface area contributed by atoms with Gasteiger partial charge in [0.05, 0.1) is 6.04 Å². The van der Waals surface area contributed by atoms with Gasteiger partial charge in [-0.15, -0.1) is 11.3 Å². The molecular weight excluding hydrogens is 324 g/mol. The summed E-state index contributed by atoms with van der Waals surface area (Å²) in [5.74, 6) is -0.101. The molecule has 1 aromatic heterocycles. The lowest BCUT2D eigenvalue weighted by Crippen LogP contribution is -2.38. The highest BCUT2D eigenvalue weighted by molar-refractivity contribution is 7.09. The summed E-state index contributed by atoms with van der Waals surface area (Å²) in [7, 11) is 0. The molecule has 1 aromatic carbocycles. The highest BCUT2D eigenvalue weighted by atomic mass is 32.1. The van der Waals surface area contributed by atoms with Crippen molar-refractivity contribution in [1.29, 1.82) is 0 Å². The Bertz CT molecular complexity index is 716. The average Bonchev–Trinajstić information content (AvgIpc) is 3.24. The standard InChI is InChI=1S/C17H20N4O2S/c18-9-15-19-14(11-24-15)17(23)20-13(12-5-2-1-3-6-12)10-21-8-4-7-16(21)22/h1-3,5-6,11,13H,4,7-10,18H2,(H,20,23). The SMILES string of the molecule is NCc1nc(C(=O)NC(CN2CCCC2=O)c2ccccc2)cs1. The Morgan fingerprint density at radius 2 is 2.17 bits per heavy atom. The fraction of sp³-hybridized carbons (Fsp3) is 0.353. The first kappa shape index (κ1) is 16.6. The maximum atomic E-state index is 12.5. The van der Waals surface area contributed by atoms with Crippen molar-refractivity contribution in [3.8, 4) is 0 Å². The number of rotatable bonds is 6. The Morgan fingerprint density at radius 3 is 2.79 bits per heavy atom. The van der Waals surface area contributed by atoms with Gasteiger partial charge in [-0.25, -0.2) is 4.98 Å². The molecular formula is C17H20N4O2S. The molecule has 0 saturated carbocycles. The van der Waals surface area contributed by atoms with Gasteiger partial charge in [-0.3, -0.25) is 9.59 Å². The average molecular weight is 344 g/mol. The van der Waals surface area contributed by atoms with Crippen molar-refractivity contribution < 1.29 is 9.59 Å². The number of nitrogens with zero attached hydrogens (tertiary/aromatic N) is 2. The molecule has 1 saturated heterocycles. The number of amides is 2. The quantitative estimate of drug-likeness (QED) is 0.835. The number of hydrogen-bond donors (Lipinski definition) is 2. The van der Waals surface area contributed by atoms with Crippen LogP contribution in [0.5, 0.6) is 0 Å². The molecule has 2 aromatic rings. The van der Waals surface area contributed by atoms with Gasteiger partial charge in [0, 0.05) is 31.4 Å². The van der Waals surface area contributed by atoms with Gasteiger partial charge in [-0.2, -0.15) is 0 Å². The van der Waals surface area contributed by atoms with E-state index in [0.717, 1.165) is 23.5 Å². The first-order chi connectivity index (χ1) is 11.7. The van der Waals surface area contributed by atoms with E-state index in [1.807, 2.05) is 35.2 Å². The number of benzene rings is 1. The molecule has 1 aliphatic heterocycles. The van der Waals surface area contributed by atoms with Crippen LogP contribution in [0.25, 0.3) is 0 Å². The van der Waals surface area contributed by atoms with E-state index in [4.69, 9.17) is 5.73 Å². The lowest BCUT2D eigenvalue weighted by atomic mass is 10.1. The Kier molecular flexibility index (Phi) is 5.22. The summed E-state index contributed by atoms with van der Waals surface area (Å²) in [4.78, 5) is 30.5. The zero-order valence-corrected chi connectivity index (χ0v) is 14.1. The van der Waals surface area contributed by atoms with E-state index in [9.17, 15) is 9.59 Å². The minimum atomic E-state index is -0.260. The van der Waals surface area contributed by atoms with Crippen LogP contribution in [-0.4, -0.2) is 34.8 Å². The van der Waals surface area contributed by atoms with Crippen LogP contribution in [0.1, 0.15) is 39.9 Å². The lowest BCUT2D eigenvalue weighted by molar-refractivity contribution is -0.128. The third-order valence-electron chi connectivity index (χ3n) is 4.04. The zero-order chi connectivity index (χ0) is 16.9. The van der Waals surface area contributed by atoms with Crippen LogP contribution in [0.4, 0.5) is 0 Å². The van der Waals surface area contributed by atoms with Crippen molar-refractivity contribution in [2.24, 2.45) is 5.73 Å². The van der Waals surface area contributed by atoms with Gasteiger partial charge in [-0.05, 0) is 12.0 Å². The molecule has 24 heavy (non-hydrogen) atoms. The van der Waals surface area contributed by atoms with Crippen LogP contribution in [0.2, 0.25) is 0 Å². The Labute approximate surface area is 144 Å². The normalized spacial score (nSPS) is 15.5. The molecule has 126 valence electrons. The Morgan fingerprint density at radius 1 is 1.38 bits per heavy atom. The van der Waals surface area contributed by atoms with Crippen LogP contribution in [0, 0.1) is 0 Å². The summed E-state index contributed by atoms with van der Waals surface area (Å²) in [6, 6.07) is 9.43. The second-order valence-electron chi connectivity index (χ2n) is 5.71. The molecule has 7 heteroatoms. The molecule has 1 atom stereocenters. The molecule has 1 fully saturated rings. The van der Waals surface area contributed by atoms with Crippen molar-refractivity contribution in [2.45, 2.75) is 25.4 Å². The third-order valence-corrected chi connectivity index (χ3v) is 4.91. The first-order valence-electron chi connectivity index (χ1n) is 7.95. The van der Waals surface area contributed by atoms with Crippen LogP contribution in [-0.2, 0) is 11.3 Å². The molecule has 0 aliphatic carbocycles. The minimum absolute atomic E-state index is 0.143. The van der Waals surface area contributed by atoms with Crippen LogP contribution < -0.4 is 11.1 Å². The summed E-state index contributed by atoms with van der Waals surface area (Å²) in [5, 5.41) is 5.44. The van der Waals surface area contributed by atoms with Gasteiger partial charge in [0.2, 0.25) is 5.91 Å². The minimum Gasteiger partial charge on any atom is -0.342 e. The topological polar surface area (TPSA) is 88.3 Å². The number of carbonyl (C=O) groups is 2. The summed E-state index contributed by atoms with van der Waals surface area (Å²) < 4.78 is 0. The summed E-state index contributed by atoms with van der Waals surface area (Å²) in [6.07, 6.45) is 1.46. The van der Waals surface area contributed by atoms with Gasteiger partial charge >= 0.3 is 0 Å². The third kappa shape index (κ3) is 3.80. The van der Waals surface area contributed by atoms with Crippen molar-refractivity contribution in [1.82, 2.24) is 15.2 Å². The molecule has 2 amide bonds. The molecule has 2 heterocycles. The molecule has 1 unspecified atom stereocenters. The van der Waals surface area contributed by atoms with Crippen LogP contribution in [0.3, 0.4) is 0 Å². The van der Waals surface area contributed by atoms with E-state index < -0.39 is 0 Å². The number of carbonyl (C=O) groups excluding carboxylic acids is 2. The number of nitrogens with one attached hydrogen (secondary N) is 1. The van der Waals surface area contributed by atoms with Crippen molar-refractivity contribution >= 4 is 23.2 Å². The smallest absolute Gasteiger partial charge is 0.271 e. The molecule has 1 aliphatic rings. The number of thiazole rings is 1. The second-order valence-corrected chi connectivity index (χ2v) is 6.65. The molecule has 3 rings (SSSR count). The van der Waals surface area contributed by atoms with Crippen LogP contribution in [0.15, 0.2) is 35.7 Å². The van der Waals surface area contributed by atoms with E-state index >= 15 is 0 Å². The largest absolute Gasteiger partial charge is 0.342 e. The Hall–Kier alpha value is -2.25. The van der Waals surface area contributed by atoms with Crippen molar-refractivity contribution in [3.63, 3.8) is 0 Å². The number of hydrogen-bond acceptors (Lipinski definition) is 5. The van der Waals surface area contributed by atoms with Gasteiger partial charge in [0.15, 0.2) is 0 Å². The molecule has 6 nitrogen and oxygen atoms in total.